The van der Waals surface area contributed by atoms with Crippen LogP contribution in [0.2, 0.25) is 0 Å². The molecule has 0 radical (unpaired) electrons. The van der Waals surface area contributed by atoms with Gasteiger partial charge in [-0.1, -0.05) is 0 Å². The van der Waals surface area contributed by atoms with Crippen LogP contribution in [0.5, 0.6) is 5.75 Å². The molecule has 1 atom stereocenters. The van der Waals surface area contributed by atoms with Crippen molar-refractivity contribution in [2.75, 3.05) is 0 Å². The van der Waals surface area contributed by atoms with Gasteiger partial charge in [-0.15, -0.1) is 0 Å². The van der Waals surface area contributed by atoms with Crippen molar-refractivity contribution in [1.82, 2.24) is 15.1 Å². The normalized spacial score (nSPS) is 13.0. The van der Waals surface area contributed by atoms with Crippen molar-refractivity contribution in [3.63, 3.8) is 0 Å². The van der Waals surface area contributed by atoms with Crippen LogP contribution in [0.1, 0.15) is 55.4 Å². The highest BCUT2D eigenvalue weighted by atomic mass is 19.1. The van der Waals surface area contributed by atoms with E-state index in [1.807, 2.05) is 45.5 Å². The van der Waals surface area contributed by atoms with Crippen LogP contribution < -0.4 is 5.32 Å². The molecule has 0 aliphatic rings. The molecule has 5 nitrogen and oxygen atoms in total. The number of phenols is 1. The molecule has 0 aliphatic heterocycles. The molecule has 1 aromatic carbocycles. The van der Waals surface area contributed by atoms with Crippen molar-refractivity contribution in [1.29, 1.82) is 0 Å². The summed E-state index contributed by atoms with van der Waals surface area (Å²) in [4.78, 5) is 12.2. The Kier molecular flexibility index (Phi) is 4.45. The maximum atomic E-state index is 13.8. The van der Waals surface area contributed by atoms with E-state index < -0.39 is 11.7 Å². The van der Waals surface area contributed by atoms with Gasteiger partial charge in [0.15, 0.2) is 0 Å². The Bertz CT molecular complexity index is 732. The molecule has 1 heterocycles. The molecular formula is C17H22FN3O2. The van der Waals surface area contributed by atoms with Crippen LogP contribution in [0.3, 0.4) is 0 Å². The molecule has 6 heteroatoms. The number of carbonyl (C=O) groups is 1. The number of benzene rings is 1. The number of hydrogen-bond acceptors (Lipinski definition) is 3. The number of aromatic nitrogens is 2. The van der Waals surface area contributed by atoms with Gasteiger partial charge in [-0.3, -0.25) is 9.48 Å². The van der Waals surface area contributed by atoms with Gasteiger partial charge in [-0.05, 0) is 46.8 Å². The highest BCUT2D eigenvalue weighted by molar-refractivity contribution is 5.94. The van der Waals surface area contributed by atoms with E-state index in [-0.39, 0.29) is 22.9 Å². The first-order valence-corrected chi connectivity index (χ1v) is 7.45. The molecule has 124 valence electrons. The topological polar surface area (TPSA) is 67.2 Å². The van der Waals surface area contributed by atoms with Crippen LogP contribution in [0.15, 0.2) is 24.4 Å². The highest BCUT2D eigenvalue weighted by Crippen LogP contribution is 2.22. The molecule has 2 rings (SSSR count). The van der Waals surface area contributed by atoms with Crippen LogP contribution in [-0.2, 0) is 5.54 Å². The smallest absolute Gasteiger partial charge is 0.254 e. The van der Waals surface area contributed by atoms with Crippen molar-refractivity contribution in [2.45, 2.75) is 46.2 Å². The average Bonchev–Trinajstić information content (AvgIpc) is 2.80. The fourth-order valence-corrected chi connectivity index (χ4v) is 2.28. The molecule has 2 aromatic rings. The summed E-state index contributed by atoms with van der Waals surface area (Å²) in [5, 5.41) is 16.4. The van der Waals surface area contributed by atoms with E-state index in [2.05, 4.69) is 10.4 Å². The second-order valence-corrected chi connectivity index (χ2v) is 6.64. The second-order valence-electron chi connectivity index (χ2n) is 6.64. The maximum Gasteiger partial charge on any atom is 0.254 e. The van der Waals surface area contributed by atoms with Crippen LogP contribution in [0.25, 0.3) is 0 Å². The molecule has 0 fully saturated rings. The summed E-state index contributed by atoms with van der Waals surface area (Å²) >= 11 is 0. The largest absolute Gasteiger partial charge is 0.508 e. The van der Waals surface area contributed by atoms with Crippen molar-refractivity contribution >= 4 is 5.91 Å². The summed E-state index contributed by atoms with van der Waals surface area (Å²) in [5.41, 5.74) is 1.44. The summed E-state index contributed by atoms with van der Waals surface area (Å²) < 4.78 is 15.6. The van der Waals surface area contributed by atoms with Crippen LogP contribution >= 0.6 is 0 Å². The Morgan fingerprint density at radius 3 is 2.57 bits per heavy atom. The number of hydrogen-bond donors (Lipinski definition) is 2. The van der Waals surface area contributed by atoms with Gasteiger partial charge < -0.3 is 10.4 Å². The lowest BCUT2D eigenvalue weighted by molar-refractivity contribution is 0.0935. The first kappa shape index (κ1) is 17.0. The summed E-state index contributed by atoms with van der Waals surface area (Å²) in [6.45, 7) is 9.82. The minimum Gasteiger partial charge on any atom is -0.508 e. The molecule has 23 heavy (non-hydrogen) atoms. The fraction of sp³-hybridized carbons (Fsp3) is 0.412. The zero-order chi connectivity index (χ0) is 17.4. The number of nitrogens with one attached hydrogen (secondary N) is 1. The van der Waals surface area contributed by atoms with E-state index in [1.54, 1.807) is 0 Å². The minimum atomic E-state index is -0.753. The first-order chi connectivity index (χ1) is 10.6. The van der Waals surface area contributed by atoms with E-state index in [0.29, 0.717) is 0 Å². The van der Waals surface area contributed by atoms with Gasteiger partial charge in [0.05, 0.1) is 22.8 Å². The molecule has 1 amide bonds. The molecular weight excluding hydrogens is 297 g/mol. The second kappa shape index (κ2) is 6.02. The minimum absolute atomic E-state index is 0.101. The number of carbonyl (C=O) groups excluding carboxylic acids is 1. The summed E-state index contributed by atoms with van der Waals surface area (Å²) in [6, 6.07) is 3.15. The van der Waals surface area contributed by atoms with E-state index >= 15 is 0 Å². The SMILES string of the molecule is Cc1nn(C(C)(C)C)cc1C(C)NC(=O)c1ccc(O)cc1F. The number of halogens is 1. The third-order valence-corrected chi connectivity index (χ3v) is 3.64. The summed E-state index contributed by atoms with van der Waals surface area (Å²) in [7, 11) is 0. The van der Waals surface area contributed by atoms with E-state index in [1.165, 1.54) is 12.1 Å². The molecule has 1 aromatic heterocycles. The Balaban J connectivity index is 2.20. The lowest BCUT2D eigenvalue weighted by atomic mass is 10.1. The van der Waals surface area contributed by atoms with Crippen LogP contribution in [-0.4, -0.2) is 20.8 Å². The third kappa shape index (κ3) is 3.70. The number of aryl methyl sites for hydroxylation is 1. The standard InChI is InChI=1S/C17H22FN3O2/c1-10(14-9-21(17(3,4)5)20-11(14)2)19-16(23)13-7-6-12(22)8-15(13)18/h6-10,22H,1-5H3,(H,19,23). The number of phenolic OH excluding ortho intramolecular Hbond substituents is 1. The number of nitrogens with zero attached hydrogens (tertiary/aromatic N) is 2. The molecule has 0 bridgehead atoms. The Hall–Kier alpha value is -2.37. The Labute approximate surface area is 135 Å². The lowest BCUT2D eigenvalue weighted by Gasteiger charge is -2.19. The molecule has 0 aliphatic carbocycles. The van der Waals surface area contributed by atoms with Gasteiger partial charge >= 0.3 is 0 Å². The van der Waals surface area contributed by atoms with Crippen molar-refractivity contribution in [3.8, 4) is 5.75 Å². The van der Waals surface area contributed by atoms with Gasteiger partial charge in [-0.25, -0.2) is 4.39 Å². The summed E-state index contributed by atoms with van der Waals surface area (Å²) in [6.07, 6.45) is 1.90. The first-order valence-electron chi connectivity index (χ1n) is 7.45. The van der Waals surface area contributed by atoms with E-state index in [4.69, 9.17) is 0 Å². The summed E-state index contributed by atoms with van der Waals surface area (Å²) in [5.74, 6) is -1.50. The van der Waals surface area contributed by atoms with Gasteiger partial charge in [0.1, 0.15) is 11.6 Å². The number of amides is 1. The predicted octanol–water partition coefficient (Wildman–Crippen LogP) is 3.28. The fourth-order valence-electron chi connectivity index (χ4n) is 2.28. The average molecular weight is 319 g/mol. The van der Waals surface area contributed by atoms with Crippen molar-refractivity contribution in [2.24, 2.45) is 0 Å². The quantitative estimate of drug-likeness (QED) is 0.912. The van der Waals surface area contributed by atoms with Crippen molar-refractivity contribution < 1.29 is 14.3 Å². The molecule has 0 spiro atoms. The zero-order valence-electron chi connectivity index (χ0n) is 14.0. The Morgan fingerprint density at radius 2 is 2.04 bits per heavy atom. The van der Waals surface area contributed by atoms with Crippen LogP contribution in [0.4, 0.5) is 4.39 Å². The molecule has 0 saturated heterocycles. The van der Waals surface area contributed by atoms with Gasteiger partial charge in [0.25, 0.3) is 5.91 Å². The zero-order valence-corrected chi connectivity index (χ0v) is 14.0. The monoisotopic (exact) mass is 319 g/mol. The highest BCUT2D eigenvalue weighted by Gasteiger charge is 2.21. The third-order valence-electron chi connectivity index (χ3n) is 3.64. The maximum absolute atomic E-state index is 13.8. The van der Waals surface area contributed by atoms with Gasteiger partial charge in [-0.2, -0.15) is 5.10 Å². The Morgan fingerprint density at radius 1 is 1.39 bits per heavy atom. The molecule has 1 unspecified atom stereocenters. The van der Waals surface area contributed by atoms with E-state index in [0.717, 1.165) is 17.3 Å². The number of rotatable bonds is 3. The molecule has 0 saturated carbocycles. The predicted molar refractivity (Wildman–Crippen MR) is 85.9 cm³/mol. The van der Waals surface area contributed by atoms with Crippen molar-refractivity contribution in [3.05, 3.63) is 47.0 Å². The van der Waals surface area contributed by atoms with Gasteiger partial charge in [0.2, 0.25) is 0 Å². The number of aromatic hydroxyl groups is 1. The lowest BCUT2D eigenvalue weighted by Crippen LogP contribution is -2.27. The van der Waals surface area contributed by atoms with Gasteiger partial charge in [0, 0.05) is 17.8 Å². The molecule has 2 N–H and O–H groups in total. The van der Waals surface area contributed by atoms with E-state index in [9.17, 15) is 14.3 Å². The van der Waals surface area contributed by atoms with Crippen LogP contribution in [0, 0.1) is 12.7 Å².